The van der Waals surface area contributed by atoms with E-state index in [1.807, 2.05) is 39.0 Å². The van der Waals surface area contributed by atoms with Crippen LogP contribution in [0.4, 0.5) is 10.5 Å². The van der Waals surface area contributed by atoms with E-state index in [-0.39, 0.29) is 11.8 Å². The smallest absolute Gasteiger partial charge is 0.319 e. The molecule has 2 heterocycles. The Morgan fingerprint density at radius 3 is 2.50 bits per heavy atom. The molecule has 3 rings (SSSR count). The molecule has 1 atom stereocenters. The number of nitrogens with one attached hydrogen (secondary N) is 2. The molecular weight excluding hydrogens is 282 g/mol. The standard InChI is InChI=1S/C16H19N3O3/c1-15(2,3)13(21)19-9-8-16(12(20)17-14(22)18-16)10-6-4-5-7-11(10)19/h4-7H,8-9H2,1-3H3,(H2,17,18,20,22). The molecule has 116 valence electrons. The van der Waals surface area contributed by atoms with Gasteiger partial charge in [0.25, 0.3) is 5.91 Å². The summed E-state index contributed by atoms with van der Waals surface area (Å²) >= 11 is 0. The quantitative estimate of drug-likeness (QED) is 0.713. The van der Waals surface area contributed by atoms with Crippen LogP contribution in [0.15, 0.2) is 24.3 Å². The van der Waals surface area contributed by atoms with E-state index in [4.69, 9.17) is 0 Å². The molecule has 6 nitrogen and oxygen atoms in total. The van der Waals surface area contributed by atoms with Gasteiger partial charge in [-0.2, -0.15) is 0 Å². The number of urea groups is 1. The molecule has 6 heteroatoms. The number of anilines is 1. The number of carbonyl (C=O) groups excluding carboxylic acids is 3. The summed E-state index contributed by atoms with van der Waals surface area (Å²) < 4.78 is 0. The van der Waals surface area contributed by atoms with Crippen LogP contribution in [0.25, 0.3) is 0 Å². The van der Waals surface area contributed by atoms with E-state index in [0.717, 1.165) is 0 Å². The van der Waals surface area contributed by atoms with Crippen molar-refractivity contribution < 1.29 is 14.4 Å². The monoisotopic (exact) mass is 301 g/mol. The number of carbonyl (C=O) groups is 3. The van der Waals surface area contributed by atoms with Crippen LogP contribution < -0.4 is 15.5 Å². The molecule has 1 aromatic carbocycles. The van der Waals surface area contributed by atoms with Crippen molar-refractivity contribution >= 4 is 23.5 Å². The van der Waals surface area contributed by atoms with E-state index in [9.17, 15) is 14.4 Å². The number of imide groups is 1. The lowest BCUT2D eigenvalue weighted by Crippen LogP contribution is -2.53. The fraction of sp³-hybridized carbons (Fsp3) is 0.438. The van der Waals surface area contributed by atoms with Crippen LogP contribution in [0.3, 0.4) is 0 Å². The fourth-order valence-electron chi connectivity index (χ4n) is 3.08. The van der Waals surface area contributed by atoms with Crippen LogP contribution in [0.2, 0.25) is 0 Å². The van der Waals surface area contributed by atoms with Gasteiger partial charge in [0.05, 0.1) is 0 Å². The van der Waals surface area contributed by atoms with Crippen LogP contribution in [0.5, 0.6) is 0 Å². The average molecular weight is 301 g/mol. The fourth-order valence-corrected chi connectivity index (χ4v) is 3.08. The maximum Gasteiger partial charge on any atom is 0.322 e. The number of rotatable bonds is 0. The molecule has 2 aliphatic heterocycles. The summed E-state index contributed by atoms with van der Waals surface area (Å²) in [6, 6.07) is 6.76. The van der Waals surface area contributed by atoms with Crippen LogP contribution >= 0.6 is 0 Å². The molecule has 0 aliphatic carbocycles. The highest BCUT2D eigenvalue weighted by molar-refractivity contribution is 6.09. The number of hydrogen-bond acceptors (Lipinski definition) is 3. The molecule has 1 saturated heterocycles. The van der Waals surface area contributed by atoms with Crippen molar-refractivity contribution in [3.05, 3.63) is 29.8 Å². The number of hydrogen-bond donors (Lipinski definition) is 2. The largest absolute Gasteiger partial charge is 0.322 e. The highest BCUT2D eigenvalue weighted by atomic mass is 16.2. The highest BCUT2D eigenvalue weighted by Crippen LogP contribution is 2.41. The third-order valence-corrected chi connectivity index (χ3v) is 4.19. The highest BCUT2D eigenvalue weighted by Gasteiger charge is 2.52. The topological polar surface area (TPSA) is 78.5 Å². The molecule has 0 saturated carbocycles. The van der Waals surface area contributed by atoms with Crippen molar-refractivity contribution in [3.8, 4) is 0 Å². The lowest BCUT2D eigenvalue weighted by Gasteiger charge is -2.41. The van der Waals surface area contributed by atoms with Crippen LogP contribution in [0, 0.1) is 5.41 Å². The Morgan fingerprint density at radius 2 is 1.91 bits per heavy atom. The molecule has 0 radical (unpaired) electrons. The summed E-state index contributed by atoms with van der Waals surface area (Å²) in [6.07, 6.45) is 0.364. The third-order valence-electron chi connectivity index (χ3n) is 4.19. The van der Waals surface area contributed by atoms with E-state index in [1.54, 1.807) is 11.0 Å². The second-order valence-corrected chi connectivity index (χ2v) is 6.79. The van der Waals surface area contributed by atoms with E-state index in [2.05, 4.69) is 10.6 Å². The zero-order valence-corrected chi connectivity index (χ0v) is 12.9. The normalized spacial score (nSPS) is 24.0. The third kappa shape index (κ3) is 1.98. The Kier molecular flexibility index (Phi) is 3.02. The SMILES string of the molecule is CC(C)(C)C(=O)N1CCC2(NC(=O)NC2=O)c2ccccc21. The van der Waals surface area contributed by atoms with Gasteiger partial charge in [-0.05, 0) is 6.07 Å². The van der Waals surface area contributed by atoms with Gasteiger partial charge in [-0.3, -0.25) is 14.9 Å². The van der Waals surface area contributed by atoms with Crippen LogP contribution in [-0.4, -0.2) is 24.4 Å². The summed E-state index contributed by atoms with van der Waals surface area (Å²) in [6.45, 7) is 5.99. The van der Waals surface area contributed by atoms with E-state index in [1.165, 1.54) is 0 Å². The van der Waals surface area contributed by atoms with Crippen molar-refractivity contribution in [1.82, 2.24) is 10.6 Å². The molecule has 1 spiro atoms. The van der Waals surface area contributed by atoms with Crippen molar-refractivity contribution in [2.75, 3.05) is 11.4 Å². The van der Waals surface area contributed by atoms with Gasteiger partial charge < -0.3 is 10.2 Å². The van der Waals surface area contributed by atoms with Crippen LogP contribution in [0.1, 0.15) is 32.8 Å². The van der Waals surface area contributed by atoms with E-state index < -0.39 is 17.0 Å². The lowest BCUT2D eigenvalue weighted by atomic mass is 9.81. The Bertz CT molecular complexity index is 677. The molecule has 2 aliphatic rings. The van der Waals surface area contributed by atoms with Crippen molar-refractivity contribution in [3.63, 3.8) is 0 Å². The first kappa shape index (κ1) is 14.6. The predicted octanol–water partition coefficient (Wildman–Crippen LogP) is 1.50. The van der Waals surface area contributed by atoms with Gasteiger partial charge in [-0.15, -0.1) is 0 Å². The summed E-state index contributed by atoms with van der Waals surface area (Å²) in [7, 11) is 0. The Hall–Kier alpha value is -2.37. The average Bonchev–Trinajstić information content (AvgIpc) is 2.73. The maximum absolute atomic E-state index is 12.7. The van der Waals surface area contributed by atoms with Gasteiger partial charge >= 0.3 is 6.03 Å². The van der Waals surface area contributed by atoms with Crippen molar-refractivity contribution in [2.24, 2.45) is 5.41 Å². The number of benzene rings is 1. The first-order valence-electron chi connectivity index (χ1n) is 7.31. The first-order valence-corrected chi connectivity index (χ1v) is 7.31. The van der Waals surface area contributed by atoms with Gasteiger partial charge in [0.1, 0.15) is 5.54 Å². The van der Waals surface area contributed by atoms with Gasteiger partial charge in [0, 0.05) is 29.6 Å². The second kappa shape index (κ2) is 4.56. The Morgan fingerprint density at radius 1 is 1.23 bits per heavy atom. The Balaban J connectivity index is 2.10. The van der Waals surface area contributed by atoms with Gasteiger partial charge in [0.2, 0.25) is 5.91 Å². The maximum atomic E-state index is 12.7. The van der Waals surface area contributed by atoms with Gasteiger partial charge in [-0.25, -0.2) is 4.79 Å². The predicted molar refractivity (Wildman–Crippen MR) is 81.2 cm³/mol. The number of fused-ring (bicyclic) bond motifs is 2. The minimum atomic E-state index is -1.07. The van der Waals surface area contributed by atoms with Crippen molar-refractivity contribution in [2.45, 2.75) is 32.7 Å². The summed E-state index contributed by atoms with van der Waals surface area (Å²) in [5.41, 5.74) is -0.227. The van der Waals surface area contributed by atoms with E-state index >= 15 is 0 Å². The molecule has 0 aromatic heterocycles. The molecular formula is C16H19N3O3. The number of para-hydroxylation sites is 1. The summed E-state index contributed by atoms with van der Waals surface area (Å²) in [5.74, 6) is -0.354. The molecule has 4 amide bonds. The molecule has 22 heavy (non-hydrogen) atoms. The van der Waals surface area contributed by atoms with E-state index in [0.29, 0.717) is 24.2 Å². The zero-order valence-electron chi connectivity index (χ0n) is 12.9. The molecule has 2 N–H and O–H groups in total. The number of nitrogens with zero attached hydrogens (tertiary/aromatic N) is 1. The lowest BCUT2D eigenvalue weighted by molar-refractivity contribution is -0.127. The zero-order chi connectivity index (χ0) is 16.1. The van der Waals surface area contributed by atoms with Crippen LogP contribution in [-0.2, 0) is 15.1 Å². The minimum absolute atomic E-state index is 0.000434. The minimum Gasteiger partial charge on any atom is -0.319 e. The molecule has 1 fully saturated rings. The van der Waals surface area contributed by atoms with Gasteiger partial charge in [-0.1, -0.05) is 39.0 Å². The second-order valence-electron chi connectivity index (χ2n) is 6.79. The van der Waals surface area contributed by atoms with Crippen molar-refractivity contribution in [1.29, 1.82) is 0 Å². The molecule has 1 unspecified atom stereocenters. The Labute approximate surface area is 128 Å². The first-order chi connectivity index (χ1) is 10.3. The summed E-state index contributed by atoms with van der Waals surface area (Å²) in [4.78, 5) is 38.3. The molecule has 0 bridgehead atoms. The summed E-state index contributed by atoms with van der Waals surface area (Å²) in [5, 5.41) is 5.04. The molecule has 1 aromatic rings. The van der Waals surface area contributed by atoms with Gasteiger partial charge in [0.15, 0.2) is 0 Å². The number of amides is 4.